The number of carbonyl (C=O) groups is 1. The summed E-state index contributed by atoms with van der Waals surface area (Å²) in [5, 5.41) is 0. The predicted molar refractivity (Wildman–Crippen MR) is 135 cm³/mol. The lowest BCUT2D eigenvalue weighted by Gasteiger charge is -2.24. The third-order valence-electron chi connectivity index (χ3n) is 5.36. The number of nitrogens with zero attached hydrogens (tertiary/aromatic N) is 2. The summed E-state index contributed by atoms with van der Waals surface area (Å²) in [6.45, 7) is 0.224. The molecular formula is C27H18BrFN2OS. The summed E-state index contributed by atoms with van der Waals surface area (Å²) in [5.41, 5.74) is 3.32. The monoisotopic (exact) mass is 516 g/mol. The molecule has 0 fully saturated rings. The molecule has 33 heavy (non-hydrogen) atoms. The smallest absolute Gasteiger partial charge is 0.258 e. The maximum atomic E-state index is 14.8. The predicted octanol–water partition coefficient (Wildman–Crippen LogP) is 7.65. The summed E-state index contributed by atoms with van der Waals surface area (Å²) in [6, 6.07) is 27.5. The number of hydrogen-bond acceptors (Lipinski definition) is 3. The van der Waals surface area contributed by atoms with Crippen molar-refractivity contribution >= 4 is 51.2 Å². The van der Waals surface area contributed by atoms with Gasteiger partial charge in [0.1, 0.15) is 5.82 Å². The number of anilines is 1. The number of carbonyl (C=O) groups excluding carboxylic acids is 1. The largest absolute Gasteiger partial charge is 0.301 e. The van der Waals surface area contributed by atoms with E-state index in [0.717, 1.165) is 31.1 Å². The van der Waals surface area contributed by atoms with Gasteiger partial charge in [-0.05, 0) is 48.0 Å². The van der Waals surface area contributed by atoms with E-state index in [1.807, 2.05) is 54.7 Å². The summed E-state index contributed by atoms with van der Waals surface area (Å²) in [7, 11) is 0. The van der Waals surface area contributed by atoms with Crippen molar-refractivity contribution in [2.24, 2.45) is 4.99 Å². The lowest BCUT2D eigenvalue weighted by atomic mass is 10.1. The number of amides is 1. The highest BCUT2D eigenvalue weighted by atomic mass is 79.9. The van der Waals surface area contributed by atoms with E-state index in [4.69, 9.17) is 0 Å². The minimum absolute atomic E-state index is 0.224. The van der Waals surface area contributed by atoms with Gasteiger partial charge in [-0.3, -0.25) is 9.79 Å². The molecule has 0 atom stereocenters. The zero-order valence-corrected chi connectivity index (χ0v) is 19.8. The van der Waals surface area contributed by atoms with Crippen LogP contribution in [0.15, 0.2) is 110 Å². The van der Waals surface area contributed by atoms with E-state index < -0.39 is 5.82 Å². The van der Waals surface area contributed by atoms with Crippen LogP contribution in [0.5, 0.6) is 0 Å². The minimum atomic E-state index is -0.448. The lowest BCUT2D eigenvalue weighted by molar-refractivity contribution is 0.0984. The summed E-state index contributed by atoms with van der Waals surface area (Å²) < 4.78 is 15.6. The zero-order valence-electron chi connectivity index (χ0n) is 17.4. The van der Waals surface area contributed by atoms with Crippen LogP contribution in [-0.4, -0.2) is 12.1 Å². The molecule has 1 heterocycles. The van der Waals surface area contributed by atoms with Gasteiger partial charge in [-0.25, -0.2) is 4.39 Å². The van der Waals surface area contributed by atoms with Gasteiger partial charge in [-0.1, -0.05) is 76.2 Å². The normalized spacial score (nSPS) is 11.9. The fourth-order valence-electron chi connectivity index (χ4n) is 3.67. The van der Waals surface area contributed by atoms with E-state index in [2.05, 4.69) is 27.0 Å². The molecule has 1 aliphatic heterocycles. The molecule has 4 aromatic carbocycles. The quantitative estimate of drug-likeness (QED) is 0.245. The first-order valence-corrected chi connectivity index (χ1v) is 12.0. The average Bonchev–Trinajstić information content (AvgIpc) is 3.02. The molecule has 0 unspecified atom stereocenters. The Morgan fingerprint density at radius 3 is 2.52 bits per heavy atom. The van der Waals surface area contributed by atoms with Crippen molar-refractivity contribution in [1.29, 1.82) is 0 Å². The topological polar surface area (TPSA) is 32.7 Å². The van der Waals surface area contributed by atoms with Gasteiger partial charge < -0.3 is 4.90 Å². The van der Waals surface area contributed by atoms with E-state index >= 15 is 0 Å². The molecule has 0 aromatic heterocycles. The second-order valence-electron chi connectivity index (χ2n) is 7.51. The van der Waals surface area contributed by atoms with Crippen molar-refractivity contribution in [1.82, 2.24) is 0 Å². The summed E-state index contributed by atoms with van der Waals surface area (Å²) in [5.74, 6) is -0.739. The summed E-state index contributed by atoms with van der Waals surface area (Å²) >= 11 is 5.16. The van der Waals surface area contributed by atoms with Crippen LogP contribution < -0.4 is 4.90 Å². The minimum Gasteiger partial charge on any atom is -0.301 e. The van der Waals surface area contributed by atoms with Crippen LogP contribution in [-0.2, 0) is 6.54 Å². The Labute approximate surface area is 204 Å². The Balaban J connectivity index is 1.53. The van der Waals surface area contributed by atoms with Crippen molar-refractivity contribution in [2.75, 3.05) is 4.90 Å². The zero-order chi connectivity index (χ0) is 22.8. The van der Waals surface area contributed by atoms with Crippen molar-refractivity contribution in [3.8, 4) is 0 Å². The summed E-state index contributed by atoms with van der Waals surface area (Å²) in [4.78, 5) is 21.9. The molecule has 0 aliphatic carbocycles. The number of benzene rings is 4. The molecule has 162 valence electrons. The first-order valence-electron chi connectivity index (χ1n) is 10.3. The Morgan fingerprint density at radius 2 is 1.67 bits per heavy atom. The van der Waals surface area contributed by atoms with Gasteiger partial charge >= 0.3 is 0 Å². The van der Waals surface area contributed by atoms with Crippen molar-refractivity contribution < 1.29 is 9.18 Å². The highest BCUT2D eigenvalue weighted by Gasteiger charge is 2.23. The number of halogens is 2. The Kier molecular flexibility index (Phi) is 6.11. The number of aliphatic imine (C=N–C) groups is 1. The van der Waals surface area contributed by atoms with Crippen LogP contribution in [0.4, 0.5) is 15.8 Å². The molecular weight excluding hydrogens is 499 g/mol. The number of hydrogen-bond donors (Lipinski definition) is 0. The molecule has 5 rings (SSSR count). The van der Waals surface area contributed by atoms with Gasteiger partial charge in [0.2, 0.25) is 0 Å². The van der Waals surface area contributed by atoms with E-state index in [1.54, 1.807) is 42.1 Å². The SMILES string of the molecule is O=C(c1ccc2c(c1)N=Cc1ccccc1S2)N(Cc1ccccc1Br)c1ccccc1F. The van der Waals surface area contributed by atoms with Gasteiger partial charge in [-0.2, -0.15) is 0 Å². The molecule has 0 bridgehead atoms. The van der Waals surface area contributed by atoms with Crippen molar-refractivity contribution in [3.05, 3.63) is 118 Å². The Bertz CT molecular complexity index is 1390. The van der Waals surface area contributed by atoms with Crippen LogP contribution in [0.2, 0.25) is 0 Å². The van der Waals surface area contributed by atoms with E-state index in [9.17, 15) is 9.18 Å². The summed E-state index contributed by atoms with van der Waals surface area (Å²) in [6.07, 6.45) is 1.82. The van der Waals surface area contributed by atoms with Gasteiger partial charge in [-0.15, -0.1) is 0 Å². The average molecular weight is 517 g/mol. The first kappa shape index (κ1) is 21.6. The molecule has 6 heteroatoms. The van der Waals surface area contributed by atoms with Gasteiger partial charge in [0, 0.05) is 31.6 Å². The highest BCUT2D eigenvalue weighted by Crippen LogP contribution is 2.39. The fourth-order valence-corrected chi connectivity index (χ4v) is 5.05. The molecule has 0 radical (unpaired) electrons. The molecule has 4 aromatic rings. The van der Waals surface area contributed by atoms with Gasteiger partial charge in [0.15, 0.2) is 0 Å². The van der Waals surface area contributed by atoms with Gasteiger partial charge in [0.05, 0.1) is 17.9 Å². The molecule has 0 spiro atoms. The van der Waals surface area contributed by atoms with Crippen LogP contribution in [0, 0.1) is 5.82 Å². The number of para-hydroxylation sites is 1. The third kappa shape index (κ3) is 4.49. The van der Waals surface area contributed by atoms with Crippen molar-refractivity contribution in [3.63, 3.8) is 0 Å². The molecule has 0 saturated heterocycles. The second kappa shape index (κ2) is 9.33. The third-order valence-corrected chi connectivity index (χ3v) is 7.29. The molecule has 0 N–H and O–H groups in total. The van der Waals surface area contributed by atoms with Crippen LogP contribution in [0.25, 0.3) is 0 Å². The highest BCUT2D eigenvalue weighted by molar-refractivity contribution is 9.10. The molecule has 1 amide bonds. The fraction of sp³-hybridized carbons (Fsp3) is 0.0370. The number of rotatable bonds is 4. The van der Waals surface area contributed by atoms with E-state index in [0.29, 0.717) is 5.56 Å². The van der Waals surface area contributed by atoms with Gasteiger partial charge in [0.25, 0.3) is 5.91 Å². The van der Waals surface area contributed by atoms with Crippen LogP contribution >= 0.6 is 27.7 Å². The Morgan fingerprint density at radius 1 is 0.909 bits per heavy atom. The number of fused-ring (bicyclic) bond motifs is 2. The maximum absolute atomic E-state index is 14.8. The van der Waals surface area contributed by atoms with E-state index in [1.165, 1.54) is 11.0 Å². The van der Waals surface area contributed by atoms with Crippen LogP contribution in [0.1, 0.15) is 21.5 Å². The van der Waals surface area contributed by atoms with E-state index in [-0.39, 0.29) is 18.1 Å². The van der Waals surface area contributed by atoms with Crippen molar-refractivity contribution in [2.45, 2.75) is 16.3 Å². The molecule has 1 aliphatic rings. The maximum Gasteiger partial charge on any atom is 0.258 e. The molecule has 3 nitrogen and oxygen atoms in total. The first-order chi connectivity index (χ1) is 16.1. The van der Waals surface area contributed by atoms with Crippen LogP contribution in [0.3, 0.4) is 0 Å². The standard InChI is InChI=1S/C27H18BrFN2OS/c28-21-9-3-1-8-20(21)17-31(24-11-5-4-10-22(24)29)27(32)18-13-14-26-23(15-18)30-16-19-7-2-6-12-25(19)33-26/h1-16H,17H2. The lowest BCUT2D eigenvalue weighted by Crippen LogP contribution is -2.31. The molecule has 0 saturated carbocycles. The Hall–Kier alpha value is -3.22. The second-order valence-corrected chi connectivity index (χ2v) is 9.45.